The third-order valence-corrected chi connectivity index (χ3v) is 6.33. The topological polar surface area (TPSA) is 63.1 Å². The van der Waals surface area contributed by atoms with Crippen molar-refractivity contribution in [2.45, 2.75) is 37.8 Å². The zero-order chi connectivity index (χ0) is 20.9. The predicted molar refractivity (Wildman–Crippen MR) is 119 cm³/mol. The van der Waals surface area contributed by atoms with Crippen molar-refractivity contribution in [2.75, 3.05) is 13.6 Å². The summed E-state index contributed by atoms with van der Waals surface area (Å²) in [7, 11) is 1.85. The van der Waals surface area contributed by atoms with Crippen LogP contribution in [0.25, 0.3) is 16.8 Å². The minimum atomic E-state index is -0.472. The van der Waals surface area contributed by atoms with Gasteiger partial charge in [0.2, 0.25) is 5.91 Å². The SMILES string of the molecule is Cc1ccn(-c2ccc(F)c(-c3ccnc([C@H]4CC[C@@]5(CCN(C)C5=O)N4)c3)c2)n1.Cl. The first-order valence-electron chi connectivity index (χ1n) is 10.3. The highest BCUT2D eigenvalue weighted by Gasteiger charge is 2.50. The van der Waals surface area contributed by atoms with Crippen LogP contribution >= 0.6 is 12.4 Å². The Morgan fingerprint density at radius 2 is 2.03 bits per heavy atom. The lowest BCUT2D eigenvalue weighted by Crippen LogP contribution is -2.47. The van der Waals surface area contributed by atoms with Crippen LogP contribution < -0.4 is 5.32 Å². The molecule has 1 amide bonds. The van der Waals surface area contributed by atoms with Gasteiger partial charge in [0.15, 0.2) is 0 Å². The summed E-state index contributed by atoms with van der Waals surface area (Å²) in [4.78, 5) is 18.9. The summed E-state index contributed by atoms with van der Waals surface area (Å²) in [5.74, 6) is -0.127. The van der Waals surface area contributed by atoms with Gasteiger partial charge in [0.05, 0.1) is 23.1 Å². The molecule has 2 aliphatic rings. The maximum absolute atomic E-state index is 14.7. The second-order valence-electron chi connectivity index (χ2n) is 8.33. The molecule has 0 aliphatic carbocycles. The van der Waals surface area contributed by atoms with Crippen LogP contribution in [0.5, 0.6) is 0 Å². The summed E-state index contributed by atoms with van der Waals surface area (Å²) in [6.07, 6.45) is 6.03. The van der Waals surface area contributed by atoms with E-state index in [0.717, 1.165) is 48.4 Å². The number of nitrogens with one attached hydrogen (secondary N) is 1. The number of pyridine rings is 1. The van der Waals surface area contributed by atoms with Gasteiger partial charge in [-0.05, 0) is 68.1 Å². The van der Waals surface area contributed by atoms with Crippen molar-refractivity contribution >= 4 is 18.3 Å². The van der Waals surface area contributed by atoms with E-state index < -0.39 is 5.54 Å². The summed E-state index contributed by atoms with van der Waals surface area (Å²) < 4.78 is 16.4. The van der Waals surface area contributed by atoms with Crippen molar-refractivity contribution in [2.24, 2.45) is 0 Å². The summed E-state index contributed by atoms with van der Waals surface area (Å²) >= 11 is 0. The fraction of sp³-hybridized carbons (Fsp3) is 0.348. The Kier molecular flexibility index (Phi) is 5.58. The zero-order valence-corrected chi connectivity index (χ0v) is 18.3. The number of aromatic nitrogens is 3. The zero-order valence-electron chi connectivity index (χ0n) is 17.5. The Labute approximate surface area is 186 Å². The van der Waals surface area contributed by atoms with Crippen LogP contribution in [0.4, 0.5) is 4.39 Å². The molecule has 0 saturated carbocycles. The summed E-state index contributed by atoms with van der Waals surface area (Å²) in [5, 5.41) is 7.95. The van der Waals surface area contributed by atoms with Crippen molar-refractivity contribution in [3.63, 3.8) is 0 Å². The molecular weight excluding hydrogens is 417 g/mol. The number of aryl methyl sites for hydroxylation is 1. The molecule has 2 atom stereocenters. The lowest BCUT2D eigenvalue weighted by molar-refractivity contribution is -0.131. The van der Waals surface area contributed by atoms with Crippen LogP contribution in [0.1, 0.15) is 36.7 Å². The van der Waals surface area contributed by atoms with Gasteiger partial charge in [-0.25, -0.2) is 9.07 Å². The first-order chi connectivity index (χ1) is 14.4. The quantitative estimate of drug-likeness (QED) is 0.671. The molecule has 31 heavy (non-hydrogen) atoms. The van der Waals surface area contributed by atoms with Crippen LogP contribution in [0.3, 0.4) is 0 Å². The van der Waals surface area contributed by atoms with Gasteiger partial charge in [-0.3, -0.25) is 15.1 Å². The van der Waals surface area contributed by atoms with Gasteiger partial charge in [-0.1, -0.05) is 0 Å². The third-order valence-electron chi connectivity index (χ3n) is 6.33. The lowest BCUT2D eigenvalue weighted by Gasteiger charge is -2.23. The molecule has 3 aromatic rings. The molecular formula is C23H25ClFN5O. The summed E-state index contributed by atoms with van der Waals surface area (Å²) in [5.41, 5.74) is 3.34. The molecule has 8 heteroatoms. The number of hydrogen-bond donors (Lipinski definition) is 1. The number of nitrogens with zero attached hydrogens (tertiary/aromatic N) is 4. The van der Waals surface area contributed by atoms with Crippen molar-refractivity contribution in [1.82, 2.24) is 25.0 Å². The van der Waals surface area contributed by atoms with Crippen molar-refractivity contribution in [3.8, 4) is 16.8 Å². The van der Waals surface area contributed by atoms with Crippen LogP contribution in [0, 0.1) is 12.7 Å². The van der Waals surface area contributed by atoms with Crippen LogP contribution in [-0.4, -0.2) is 44.7 Å². The lowest BCUT2D eigenvalue weighted by atomic mass is 9.96. The number of rotatable bonds is 3. The highest BCUT2D eigenvalue weighted by atomic mass is 35.5. The fourth-order valence-electron chi connectivity index (χ4n) is 4.63. The fourth-order valence-corrected chi connectivity index (χ4v) is 4.63. The molecule has 5 rings (SSSR count). The molecule has 4 heterocycles. The molecule has 162 valence electrons. The van der Waals surface area contributed by atoms with Crippen LogP contribution in [0.2, 0.25) is 0 Å². The number of halogens is 2. The number of likely N-dealkylation sites (N-methyl/N-ethyl adjacent to an activating group) is 1. The van der Waals surface area contributed by atoms with Gasteiger partial charge in [0.25, 0.3) is 0 Å². The number of likely N-dealkylation sites (tertiary alicyclic amines) is 1. The van der Waals surface area contributed by atoms with Gasteiger partial charge >= 0.3 is 0 Å². The van der Waals surface area contributed by atoms with Crippen LogP contribution in [0.15, 0.2) is 48.8 Å². The third kappa shape index (κ3) is 3.72. The van der Waals surface area contributed by atoms with E-state index in [-0.39, 0.29) is 30.2 Å². The van der Waals surface area contributed by atoms with E-state index in [1.165, 1.54) is 6.07 Å². The molecule has 2 fully saturated rings. The Morgan fingerprint density at radius 1 is 1.19 bits per heavy atom. The first-order valence-corrected chi connectivity index (χ1v) is 10.3. The van der Waals surface area contributed by atoms with Gasteiger partial charge < -0.3 is 4.90 Å². The highest BCUT2D eigenvalue weighted by molar-refractivity contribution is 5.88. The van der Waals surface area contributed by atoms with E-state index in [9.17, 15) is 9.18 Å². The minimum Gasteiger partial charge on any atom is -0.344 e. The van der Waals surface area contributed by atoms with E-state index in [4.69, 9.17) is 0 Å². The van der Waals surface area contributed by atoms with Crippen molar-refractivity contribution < 1.29 is 9.18 Å². The van der Waals surface area contributed by atoms with Crippen LogP contribution in [-0.2, 0) is 4.79 Å². The number of carbonyl (C=O) groups excluding carboxylic acids is 1. The average Bonchev–Trinajstić information content (AvgIpc) is 3.45. The van der Waals surface area contributed by atoms with E-state index in [0.29, 0.717) is 5.56 Å². The Balaban J connectivity index is 0.00000231. The Hall–Kier alpha value is -2.77. The van der Waals surface area contributed by atoms with Gasteiger partial charge in [0.1, 0.15) is 11.4 Å². The highest BCUT2D eigenvalue weighted by Crippen LogP contribution is 2.39. The molecule has 0 radical (unpaired) electrons. The Morgan fingerprint density at radius 3 is 2.74 bits per heavy atom. The molecule has 0 bridgehead atoms. The van der Waals surface area contributed by atoms with E-state index in [2.05, 4.69) is 15.4 Å². The van der Waals surface area contributed by atoms with E-state index in [1.807, 2.05) is 38.4 Å². The molecule has 2 saturated heterocycles. The Bertz CT molecular complexity index is 1130. The van der Waals surface area contributed by atoms with Gasteiger partial charge in [-0.15, -0.1) is 12.4 Å². The van der Waals surface area contributed by atoms with Crippen molar-refractivity contribution in [3.05, 3.63) is 66.0 Å². The second-order valence-corrected chi connectivity index (χ2v) is 8.33. The molecule has 2 aliphatic heterocycles. The van der Waals surface area contributed by atoms with E-state index >= 15 is 0 Å². The normalized spacial score (nSPS) is 22.9. The number of hydrogen-bond acceptors (Lipinski definition) is 4. The summed E-state index contributed by atoms with van der Waals surface area (Å²) in [6.45, 7) is 2.70. The van der Waals surface area contributed by atoms with Gasteiger partial charge in [0, 0.05) is 31.5 Å². The molecule has 1 N–H and O–H groups in total. The molecule has 0 unspecified atom stereocenters. The monoisotopic (exact) mass is 441 g/mol. The number of amides is 1. The van der Waals surface area contributed by atoms with Crippen molar-refractivity contribution in [1.29, 1.82) is 0 Å². The van der Waals surface area contributed by atoms with Gasteiger partial charge in [-0.2, -0.15) is 5.10 Å². The van der Waals surface area contributed by atoms with E-state index in [1.54, 1.807) is 27.9 Å². The largest absolute Gasteiger partial charge is 0.344 e. The smallest absolute Gasteiger partial charge is 0.242 e. The number of benzene rings is 1. The standard InChI is InChI=1S/C23H24FN5O.ClH/c1-15-7-11-29(27-15)17-3-4-19(24)18(14-17)16-6-10-25-21(13-16)20-5-8-23(26-20)9-12-28(2)22(23)30;/h3-4,6-7,10-11,13-14,20,26H,5,8-9,12H2,1-2H3;1H/t20-,23+;/m1./s1. The second kappa shape index (κ2) is 8.05. The molecule has 2 aromatic heterocycles. The molecule has 6 nitrogen and oxygen atoms in total. The molecule has 1 spiro atoms. The maximum atomic E-state index is 14.7. The predicted octanol–water partition coefficient (Wildman–Crippen LogP) is 3.83. The maximum Gasteiger partial charge on any atom is 0.242 e. The minimum absolute atomic E-state index is 0. The molecule has 1 aromatic carbocycles. The number of carbonyl (C=O) groups is 1. The first kappa shape index (κ1) is 21.5. The summed E-state index contributed by atoms with van der Waals surface area (Å²) in [6, 6.07) is 10.6. The average molecular weight is 442 g/mol.